The molecule has 0 bridgehead atoms. The molecule has 1 heterocycles. The summed E-state index contributed by atoms with van der Waals surface area (Å²) in [6, 6.07) is 12.6. The minimum Gasteiger partial charge on any atom is -0.350 e. The molecular weight excluding hydrogens is 290 g/mol. The van der Waals surface area contributed by atoms with Crippen molar-refractivity contribution in [3.05, 3.63) is 65.5 Å². The van der Waals surface area contributed by atoms with Crippen molar-refractivity contribution in [3.63, 3.8) is 0 Å². The van der Waals surface area contributed by atoms with Crippen molar-refractivity contribution in [2.45, 2.75) is 32.9 Å². The van der Waals surface area contributed by atoms with Gasteiger partial charge in [0.1, 0.15) is 5.69 Å². The number of amides is 2. The number of aromatic nitrogens is 1. The summed E-state index contributed by atoms with van der Waals surface area (Å²) in [7, 11) is 0. The Balaban J connectivity index is 1.97. The summed E-state index contributed by atoms with van der Waals surface area (Å²) in [5.41, 5.74) is 1.83. The van der Waals surface area contributed by atoms with Crippen LogP contribution >= 0.6 is 0 Å². The van der Waals surface area contributed by atoms with Gasteiger partial charge in [-0.2, -0.15) is 0 Å². The molecule has 5 heteroatoms. The predicted octanol–water partition coefficient (Wildman–Crippen LogP) is 2.54. The van der Waals surface area contributed by atoms with Gasteiger partial charge in [0.25, 0.3) is 11.8 Å². The monoisotopic (exact) mass is 311 g/mol. The smallest absolute Gasteiger partial charge is 0.270 e. The molecule has 0 radical (unpaired) electrons. The van der Waals surface area contributed by atoms with E-state index in [2.05, 4.69) is 15.6 Å². The van der Waals surface area contributed by atoms with Gasteiger partial charge in [0.15, 0.2) is 0 Å². The van der Waals surface area contributed by atoms with Crippen LogP contribution in [0.4, 0.5) is 0 Å². The maximum atomic E-state index is 12.1. The van der Waals surface area contributed by atoms with Crippen molar-refractivity contribution in [1.29, 1.82) is 0 Å². The fraction of sp³-hybridized carbons (Fsp3) is 0.278. The Hall–Kier alpha value is -2.69. The van der Waals surface area contributed by atoms with Crippen LogP contribution in [0, 0.1) is 0 Å². The van der Waals surface area contributed by atoms with Crippen LogP contribution < -0.4 is 10.6 Å². The second kappa shape index (κ2) is 8.08. The molecule has 2 rings (SSSR count). The molecule has 0 spiro atoms. The number of hydrogen-bond donors (Lipinski definition) is 2. The third kappa shape index (κ3) is 4.92. The first kappa shape index (κ1) is 16.7. The van der Waals surface area contributed by atoms with E-state index in [0.717, 1.165) is 12.0 Å². The van der Waals surface area contributed by atoms with E-state index in [0.29, 0.717) is 17.8 Å². The van der Waals surface area contributed by atoms with E-state index in [-0.39, 0.29) is 17.9 Å². The second-order valence-corrected chi connectivity index (χ2v) is 5.38. The second-order valence-electron chi connectivity index (χ2n) is 5.38. The van der Waals surface area contributed by atoms with Gasteiger partial charge in [0.2, 0.25) is 0 Å². The van der Waals surface area contributed by atoms with Crippen LogP contribution in [0.1, 0.15) is 46.7 Å². The summed E-state index contributed by atoms with van der Waals surface area (Å²) in [5, 5.41) is 5.73. The normalized spacial score (nSPS) is 11.6. The Labute approximate surface area is 136 Å². The van der Waals surface area contributed by atoms with Gasteiger partial charge in [-0.25, -0.2) is 0 Å². The van der Waals surface area contributed by atoms with E-state index in [1.807, 2.05) is 26.0 Å². The van der Waals surface area contributed by atoms with Gasteiger partial charge < -0.3 is 10.6 Å². The molecule has 1 aromatic heterocycles. The first-order valence-corrected chi connectivity index (χ1v) is 7.69. The van der Waals surface area contributed by atoms with Gasteiger partial charge in [-0.1, -0.05) is 25.1 Å². The molecule has 0 aliphatic carbocycles. The number of nitrogens with zero attached hydrogens (tertiary/aromatic N) is 1. The fourth-order valence-electron chi connectivity index (χ4n) is 2.00. The van der Waals surface area contributed by atoms with Gasteiger partial charge in [0.05, 0.1) is 0 Å². The van der Waals surface area contributed by atoms with Gasteiger partial charge in [-0.3, -0.25) is 14.6 Å². The molecule has 0 aliphatic heterocycles. The van der Waals surface area contributed by atoms with Gasteiger partial charge in [-0.15, -0.1) is 0 Å². The van der Waals surface area contributed by atoms with E-state index < -0.39 is 0 Å². The van der Waals surface area contributed by atoms with E-state index >= 15 is 0 Å². The van der Waals surface area contributed by atoms with E-state index in [4.69, 9.17) is 0 Å². The van der Waals surface area contributed by atoms with E-state index in [1.165, 1.54) is 0 Å². The molecule has 2 N–H and O–H groups in total. The average Bonchev–Trinajstić information content (AvgIpc) is 2.60. The summed E-state index contributed by atoms with van der Waals surface area (Å²) in [4.78, 5) is 28.1. The lowest BCUT2D eigenvalue weighted by molar-refractivity contribution is 0.0935. The van der Waals surface area contributed by atoms with Gasteiger partial charge in [0, 0.05) is 24.3 Å². The molecule has 5 nitrogen and oxygen atoms in total. The maximum absolute atomic E-state index is 12.1. The molecule has 0 saturated carbocycles. The Kier molecular flexibility index (Phi) is 5.86. The van der Waals surface area contributed by atoms with Crippen molar-refractivity contribution < 1.29 is 9.59 Å². The quantitative estimate of drug-likeness (QED) is 0.861. The summed E-state index contributed by atoms with van der Waals surface area (Å²) < 4.78 is 0. The molecule has 0 aliphatic rings. The van der Waals surface area contributed by atoms with Crippen LogP contribution in [-0.2, 0) is 6.54 Å². The molecule has 1 aromatic carbocycles. The lowest BCUT2D eigenvalue weighted by Gasteiger charge is -2.12. The van der Waals surface area contributed by atoms with Crippen molar-refractivity contribution in [1.82, 2.24) is 15.6 Å². The van der Waals surface area contributed by atoms with Gasteiger partial charge >= 0.3 is 0 Å². The molecule has 2 amide bonds. The number of benzene rings is 1. The molecule has 1 atom stereocenters. The predicted molar refractivity (Wildman–Crippen MR) is 89.1 cm³/mol. The van der Waals surface area contributed by atoms with Crippen LogP contribution in [0.25, 0.3) is 0 Å². The molecule has 120 valence electrons. The summed E-state index contributed by atoms with van der Waals surface area (Å²) in [5.74, 6) is -0.336. The highest BCUT2D eigenvalue weighted by Crippen LogP contribution is 2.06. The topological polar surface area (TPSA) is 71.1 Å². The average molecular weight is 311 g/mol. The summed E-state index contributed by atoms with van der Waals surface area (Å²) >= 11 is 0. The summed E-state index contributed by atoms with van der Waals surface area (Å²) in [6.45, 7) is 4.34. The van der Waals surface area contributed by atoms with E-state index in [9.17, 15) is 9.59 Å². The number of nitrogens with one attached hydrogen (secondary N) is 2. The van der Waals surface area contributed by atoms with Crippen molar-refractivity contribution in [2.24, 2.45) is 0 Å². The Morgan fingerprint density at radius 3 is 2.65 bits per heavy atom. The van der Waals surface area contributed by atoms with Crippen LogP contribution in [0.3, 0.4) is 0 Å². The molecule has 23 heavy (non-hydrogen) atoms. The molecule has 0 fully saturated rings. The number of rotatable bonds is 6. The third-order valence-electron chi connectivity index (χ3n) is 3.53. The molecule has 0 saturated heterocycles. The minimum atomic E-state index is -0.236. The highest BCUT2D eigenvalue weighted by atomic mass is 16.2. The first-order valence-electron chi connectivity index (χ1n) is 7.69. The van der Waals surface area contributed by atoms with Crippen LogP contribution in [0.5, 0.6) is 0 Å². The molecule has 2 aromatic rings. The molecule has 0 unspecified atom stereocenters. The van der Waals surface area contributed by atoms with Crippen molar-refractivity contribution in [2.75, 3.05) is 0 Å². The zero-order valence-corrected chi connectivity index (χ0v) is 13.4. The van der Waals surface area contributed by atoms with Crippen LogP contribution in [-0.4, -0.2) is 22.8 Å². The van der Waals surface area contributed by atoms with Crippen LogP contribution in [0.2, 0.25) is 0 Å². The Morgan fingerprint density at radius 2 is 1.96 bits per heavy atom. The standard InChI is InChI=1S/C18H21N3O2/c1-3-13(2)21-17(22)15-8-6-7-14(11-15)12-20-18(23)16-9-4-5-10-19-16/h4-11,13H,3,12H2,1-2H3,(H,20,23)(H,21,22)/t13-/m0/s1. The van der Waals surface area contributed by atoms with E-state index in [1.54, 1.807) is 36.5 Å². The zero-order valence-electron chi connectivity index (χ0n) is 13.4. The lowest BCUT2D eigenvalue weighted by Crippen LogP contribution is -2.32. The minimum absolute atomic E-state index is 0.0998. The zero-order chi connectivity index (χ0) is 16.7. The van der Waals surface area contributed by atoms with Crippen molar-refractivity contribution in [3.8, 4) is 0 Å². The third-order valence-corrected chi connectivity index (χ3v) is 3.53. The number of carbonyl (C=O) groups is 2. The van der Waals surface area contributed by atoms with Gasteiger partial charge in [-0.05, 0) is 43.2 Å². The molecular formula is C18H21N3O2. The van der Waals surface area contributed by atoms with Crippen molar-refractivity contribution >= 4 is 11.8 Å². The highest BCUT2D eigenvalue weighted by molar-refractivity contribution is 5.94. The highest BCUT2D eigenvalue weighted by Gasteiger charge is 2.10. The summed E-state index contributed by atoms with van der Waals surface area (Å²) in [6.07, 6.45) is 2.46. The largest absolute Gasteiger partial charge is 0.350 e. The number of hydrogen-bond acceptors (Lipinski definition) is 3. The SMILES string of the molecule is CC[C@H](C)NC(=O)c1cccc(CNC(=O)c2ccccn2)c1. The number of pyridine rings is 1. The Morgan fingerprint density at radius 1 is 1.13 bits per heavy atom. The lowest BCUT2D eigenvalue weighted by atomic mass is 10.1. The Bertz CT molecular complexity index is 671. The van der Waals surface area contributed by atoms with Crippen LogP contribution in [0.15, 0.2) is 48.7 Å². The maximum Gasteiger partial charge on any atom is 0.270 e. The number of carbonyl (C=O) groups excluding carboxylic acids is 2. The first-order chi connectivity index (χ1) is 11.1. The fourth-order valence-corrected chi connectivity index (χ4v) is 2.00.